The topological polar surface area (TPSA) is 72.8 Å². The highest BCUT2D eigenvalue weighted by Crippen LogP contribution is 2.54. The van der Waals surface area contributed by atoms with E-state index in [1.54, 1.807) is 0 Å². The minimum atomic E-state index is -4.09. The van der Waals surface area contributed by atoms with Crippen molar-refractivity contribution < 1.29 is 41.7 Å². The van der Waals surface area contributed by atoms with Crippen LogP contribution in [0.25, 0.3) is 0 Å². The van der Waals surface area contributed by atoms with Crippen molar-refractivity contribution >= 4 is 11.8 Å². The molecule has 0 aromatic carbocycles. The average molecular weight is 577 g/mol. The van der Waals surface area contributed by atoms with E-state index in [0.29, 0.717) is 18.8 Å². The van der Waals surface area contributed by atoms with Crippen LogP contribution in [0, 0.1) is 29.6 Å². The zero-order valence-electron chi connectivity index (χ0n) is 24.2. The van der Waals surface area contributed by atoms with Gasteiger partial charge in [0.15, 0.2) is 5.78 Å². The maximum atomic E-state index is 15.4. The summed E-state index contributed by atoms with van der Waals surface area (Å²) in [5, 5.41) is 9.04. The summed E-state index contributed by atoms with van der Waals surface area (Å²) in [6.45, 7) is 9.73. The first-order valence-corrected chi connectivity index (χ1v) is 14.8. The van der Waals surface area contributed by atoms with Crippen LogP contribution >= 0.6 is 0 Å². The van der Waals surface area contributed by atoms with Crippen LogP contribution in [-0.2, 0) is 19.1 Å². The molecule has 0 aromatic rings. The van der Waals surface area contributed by atoms with Crippen LogP contribution in [0.5, 0.6) is 0 Å². The molecule has 230 valence electrons. The highest BCUT2D eigenvalue weighted by molar-refractivity contribution is 5.95. The first-order chi connectivity index (χ1) is 18.8. The van der Waals surface area contributed by atoms with Crippen molar-refractivity contribution in [2.45, 2.75) is 103 Å². The fourth-order valence-electron chi connectivity index (χ4n) is 6.11. The first-order valence-electron chi connectivity index (χ1n) is 14.8. The van der Waals surface area contributed by atoms with Gasteiger partial charge in [0.2, 0.25) is 0 Å². The van der Waals surface area contributed by atoms with Gasteiger partial charge in [-0.3, -0.25) is 4.79 Å². The minimum Gasteiger partial charge on any atom is -0.462 e. The molecule has 2 fully saturated rings. The van der Waals surface area contributed by atoms with Gasteiger partial charge in [-0.25, -0.2) is 4.79 Å². The van der Waals surface area contributed by atoms with Gasteiger partial charge in [0.05, 0.1) is 19.8 Å². The highest BCUT2D eigenvalue weighted by Gasteiger charge is 2.64. The van der Waals surface area contributed by atoms with E-state index in [1.807, 2.05) is 0 Å². The summed E-state index contributed by atoms with van der Waals surface area (Å²) in [4.78, 5) is 23.8. The fourth-order valence-corrected chi connectivity index (χ4v) is 6.11. The summed E-state index contributed by atoms with van der Waals surface area (Å²) in [5.41, 5.74) is 0.202. The molecule has 5 nitrogen and oxygen atoms in total. The second kappa shape index (κ2) is 16.0. The summed E-state index contributed by atoms with van der Waals surface area (Å²) >= 11 is 0. The van der Waals surface area contributed by atoms with E-state index >= 15 is 17.6 Å². The second-order valence-electron chi connectivity index (χ2n) is 11.9. The third-order valence-corrected chi connectivity index (χ3v) is 8.90. The van der Waals surface area contributed by atoms with E-state index in [1.165, 1.54) is 6.92 Å². The molecule has 0 radical (unpaired) electrons. The van der Waals surface area contributed by atoms with Crippen molar-refractivity contribution in [3.8, 4) is 0 Å². The predicted molar refractivity (Wildman–Crippen MR) is 146 cm³/mol. The summed E-state index contributed by atoms with van der Waals surface area (Å²) in [5.74, 6) is -12.2. The van der Waals surface area contributed by atoms with E-state index in [-0.39, 0.29) is 75.4 Å². The third kappa shape index (κ3) is 9.40. The summed E-state index contributed by atoms with van der Waals surface area (Å²) < 4.78 is 72.1. The van der Waals surface area contributed by atoms with Crippen molar-refractivity contribution in [2.75, 3.05) is 26.4 Å². The lowest BCUT2D eigenvalue weighted by Crippen LogP contribution is -2.53. The Balaban J connectivity index is 1.96. The number of hydrogen-bond acceptors (Lipinski definition) is 5. The number of hydrogen-bond donors (Lipinski definition) is 1. The van der Waals surface area contributed by atoms with E-state index in [2.05, 4.69) is 20.1 Å². The quantitative estimate of drug-likeness (QED) is 0.0850. The maximum absolute atomic E-state index is 15.4. The number of ether oxygens (including phenoxy) is 2. The predicted octanol–water partition coefficient (Wildman–Crippen LogP) is 7.32. The molecule has 1 N–H and O–H groups in total. The molecular weight excluding hydrogens is 528 g/mol. The Morgan fingerprint density at radius 2 is 1.45 bits per heavy atom. The monoisotopic (exact) mass is 576 g/mol. The molecule has 0 spiro atoms. The molecule has 40 heavy (non-hydrogen) atoms. The molecule has 2 saturated carbocycles. The number of carbonyl (C=O) groups excluding carboxylic acids is 2. The lowest BCUT2D eigenvalue weighted by molar-refractivity contribution is -0.270. The van der Waals surface area contributed by atoms with Gasteiger partial charge in [-0.1, -0.05) is 45.8 Å². The maximum Gasteiger partial charge on any atom is 0.333 e. The van der Waals surface area contributed by atoms with Crippen molar-refractivity contribution in [1.82, 2.24) is 0 Å². The van der Waals surface area contributed by atoms with Gasteiger partial charge in [0.1, 0.15) is 6.61 Å². The number of carbonyl (C=O) groups is 2. The van der Waals surface area contributed by atoms with Crippen LogP contribution < -0.4 is 0 Å². The Hall–Kier alpha value is -1.74. The van der Waals surface area contributed by atoms with Gasteiger partial charge in [-0.05, 0) is 70.1 Å². The molecular formula is C31H48F4O5. The number of ketones is 1. The molecule has 0 aliphatic heterocycles. The summed E-state index contributed by atoms with van der Waals surface area (Å²) in [7, 11) is 0. The summed E-state index contributed by atoms with van der Waals surface area (Å²) in [6.07, 6.45) is 6.11. The molecule has 0 bridgehead atoms. The Bertz CT molecular complexity index is 843. The number of esters is 1. The van der Waals surface area contributed by atoms with E-state index in [9.17, 15) is 9.59 Å². The first kappa shape index (κ1) is 34.5. The smallest absolute Gasteiger partial charge is 0.333 e. The van der Waals surface area contributed by atoms with Crippen molar-refractivity contribution in [3.63, 3.8) is 0 Å². The Morgan fingerprint density at radius 1 is 0.900 bits per heavy atom. The largest absolute Gasteiger partial charge is 0.462 e. The van der Waals surface area contributed by atoms with Crippen LogP contribution in [0.1, 0.15) is 90.9 Å². The van der Waals surface area contributed by atoms with Gasteiger partial charge in [-0.2, -0.15) is 17.6 Å². The number of unbranched alkanes of at least 4 members (excludes halogenated alkanes) is 2. The molecule has 2 aliphatic carbocycles. The Kier molecular flexibility index (Phi) is 13.8. The molecule has 0 aromatic heterocycles. The zero-order valence-corrected chi connectivity index (χ0v) is 24.2. The number of aliphatic hydroxyl groups excluding tert-OH is 1. The standard InChI is InChI=1S/C31H48F4O5/c1-5-6-7-8-23-9-13-26(14-10-23)30(32,33)31(34,35)27-15-11-24(12-16-27)25(19-40-29(38)21(2)3)18-39-20-28(37)22(4)17-36/h23-27,36H,2,4-20H2,1,3H3. The van der Waals surface area contributed by atoms with Crippen LogP contribution in [0.3, 0.4) is 0 Å². The second-order valence-corrected chi connectivity index (χ2v) is 11.9. The number of rotatable bonds is 17. The molecule has 2 aliphatic rings. The summed E-state index contributed by atoms with van der Waals surface area (Å²) in [6, 6.07) is 0. The van der Waals surface area contributed by atoms with Crippen molar-refractivity contribution in [3.05, 3.63) is 24.3 Å². The Labute approximate surface area is 236 Å². The van der Waals surface area contributed by atoms with Gasteiger partial charge in [-0.15, -0.1) is 0 Å². The van der Waals surface area contributed by atoms with Gasteiger partial charge in [0, 0.05) is 28.9 Å². The minimum absolute atomic E-state index is 0.00101. The molecule has 9 heteroatoms. The normalized spacial score (nSPS) is 24.8. The van der Waals surface area contributed by atoms with E-state index < -0.39 is 48.0 Å². The SMILES string of the molecule is C=C(C)C(=O)OCC(COCC(=O)C(=C)CO)C1CCC(C(F)(F)C(F)(F)C2CCC(CCCCC)CC2)CC1. The van der Waals surface area contributed by atoms with Crippen LogP contribution in [0.4, 0.5) is 17.6 Å². The fraction of sp³-hybridized carbons (Fsp3) is 0.806. The number of Topliss-reactive ketones (excluding diaryl/α,β-unsaturated/α-hetero) is 1. The van der Waals surface area contributed by atoms with E-state index in [4.69, 9.17) is 14.6 Å². The molecule has 2 rings (SSSR count). The van der Waals surface area contributed by atoms with Gasteiger partial charge < -0.3 is 14.6 Å². The molecule has 0 amide bonds. The van der Waals surface area contributed by atoms with Gasteiger partial charge >= 0.3 is 17.8 Å². The number of alkyl halides is 4. The lowest BCUT2D eigenvalue weighted by atomic mass is 9.69. The molecule has 1 unspecified atom stereocenters. The molecule has 0 heterocycles. The number of aliphatic hydroxyl groups is 1. The Morgan fingerprint density at radius 3 is 1.95 bits per heavy atom. The average Bonchev–Trinajstić information content (AvgIpc) is 2.94. The van der Waals surface area contributed by atoms with Crippen LogP contribution in [0.2, 0.25) is 0 Å². The molecule has 0 saturated heterocycles. The molecule has 1 atom stereocenters. The van der Waals surface area contributed by atoms with Crippen molar-refractivity contribution in [1.29, 1.82) is 0 Å². The third-order valence-electron chi connectivity index (χ3n) is 8.90. The van der Waals surface area contributed by atoms with Crippen LogP contribution in [0.15, 0.2) is 24.3 Å². The van der Waals surface area contributed by atoms with E-state index in [0.717, 1.165) is 25.7 Å². The van der Waals surface area contributed by atoms with Crippen molar-refractivity contribution in [2.24, 2.45) is 29.6 Å². The lowest BCUT2D eigenvalue weighted by Gasteiger charge is -2.43. The van der Waals surface area contributed by atoms with Crippen LogP contribution in [-0.4, -0.2) is 55.1 Å². The van der Waals surface area contributed by atoms with Gasteiger partial charge in [0.25, 0.3) is 0 Å². The number of halogens is 4. The highest BCUT2D eigenvalue weighted by atomic mass is 19.3. The zero-order chi connectivity index (χ0) is 29.9.